The summed E-state index contributed by atoms with van der Waals surface area (Å²) in [4.78, 5) is 40.4. The van der Waals surface area contributed by atoms with Crippen LogP contribution in [-0.4, -0.2) is 30.9 Å². The number of allylic oxidation sites excluding steroid dienone is 3. The van der Waals surface area contributed by atoms with E-state index in [0.29, 0.717) is 24.0 Å². The Balaban J connectivity index is 2.19. The van der Waals surface area contributed by atoms with E-state index in [-0.39, 0.29) is 24.9 Å². The molecular weight excluding hydrogens is 414 g/mol. The van der Waals surface area contributed by atoms with Crippen molar-refractivity contribution in [3.8, 4) is 0 Å². The molecule has 0 radical (unpaired) electrons. The number of hydrogen-bond donors (Lipinski definition) is 1. The van der Waals surface area contributed by atoms with Crippen LogP contribution in [0.5, 0.6) is 0 Å². The molecule has 31 heavy (non-hydrogen) atoms. The first-order valence-corrected chi connectivity index (χ1v) is 11.9. The van der Waals surface area contributed by atoms with E-state index in [1.165, 1.54) is 11.3 Å². The van der Waals surface area contributed by atoms with Crippen LogP contribution < -0.4 is 5.32 Å². The minimum absolute atomic E-state index is 0.185. The van der Waals surface area contributed by atoms with E-state index in [1.807, 2.05) is 25.3 Å². The molecule has 3 atom stereocenters. The molecule has 2 heterocycles. The molecule has 2 aliphatic rings. The smallest absolute Gasteiger partial charge is 0.336 e. The molecule has 1 aromatic rings. The first kappa shape index (κ1) is 23.3. The van der Waals surface area contributed by atoms with Crippen molar-refractivity contribution in [2.45, 2.75) is 59.8 Å². The van der Waals surface area contributed by atoms with Crippen molar-refractivity contribution in [2.24, 2.45) is 11.8 Å². The summed E-state index contributed by atoms with van der Waals surface area (Å²) < 4.78 is 10.6. The van der Waals surface area contributed by atoms with Gasteiger partial charge in [0.15, 0.2) is 5.78 Å². The van der Waals surface area contributed by atoms with Crippen molar-refractivity contribution >= 4 is 29.1 Å². The molecule has 7 heteroatoms. The van der Waals surface area contributed by atoms with Crippen molar-refractivity contribution < 1.29 is 23.9 Å². The fraction of sp³-hybridized carbons (Fsp3) is 0.542. The van der Waals surface area contributed by atoms with Gasteiger partial charge in [-0.1, -0.05) is 20.3 Å². The number of ether oxygens (including phenoxy) is 2. The average molecular weight is 446 g/mol. The number of hydrogen-bond acceptors (Lipinski definition) is 7. The maximum absolute atomic E-state index is 13.7. The monoisotopic (exact) mass is 445 g/mol. The van der Waals surface area contributed by atoms with Crippen LogP contribution in [0.4, 0.5) is 0 Å². The Bertz CT molecular complexity index is 942. The Labute approximate surface area is 187 Å². The molecule has 0 saturated heterocycles. The van der Waals surface area contributed by atoms with E-state index in [4.69, 9.17) is 9.47 Å². The molecule has 6 nitrogen and oxygen atoms in total. The van der Waals surface area contributed by atoms with Crippen LogP contribution in [0.1, 0.15) is 63.3 Å². The van der Waals surface area contributed by atoms with Gasteiger partial charge in [0.25, 0.3) is 0 Å². The number of Topliss-reactive ketones (excluding diaryl/α,β-unsaturated/α-hetero) is 1. The summed E-state index contributed by atoms with van der Waals surface area (Å²) in [5.74, 6) is -2.74. The van der Waals surface area contributed by atoms with Crippen LogP contribution in [-0.2, 0) is 23.9 Å². The summed E-state index contributed by atoms with van der Waals surface area (Å²) in [7, 11) is 0. The van der Waals surface area contributed by atoms with Gasteiger partial charge in [0.05, 0.1) is 24.7 Å². The largest absolute Gasteiger partial charge is 0.465 e. The first-order chi connectivity index (χ1) is 14.8. The molecule has 0 fully saturated rings. The van der Waals surface area contributed by atoms with Gasteiger partial charge in [0, 0.05) is 21.8 Å². The number of dihydropyridines is 1. The number of carbonyl (C=O) groups is 3. The lowest BCUT2D eigenvalue weighted by atomic mass is 9.70. The number of aryl methyl sites for hydroxylation is 1. The minimum atomic E-state index is -0.862. The van der Waals surface area contributed by atoms with Crippen LogP contribution >= 0.6 is 11.3 Å². The second kappa shape index (κ2) is 9.81. The van der Waals surface area contributed by atoms with E-state index in [9.17, 15) is 14.4 Å². The maximum atomic E-state index is 13.7. The quantitative estimate of drug-likeness (QED) is 0.495. The number of thiophene rings is 1. The average Bonchev–Trinajstić information content (AvgIpc) is 3.13. The van der Waals surface area contributed by atoms with Crippen molar-refractivity contribution in [1.29, 1.82) is 0 Å². The topological polar surface area (TPSA) is 81.7 Å². The molecule has 0 amide bonds. The second-order valence-corrected chi connectivity index (χ2v) is 9.00. The zero-order valence-electron chi connectivity index (χ0n) is 18.9. The summed E-state index contributed by atoms with van der Waals surface area (Å²) in [6.07, 6.45) is 2.07. The fourth-order valence-electron chi connectivity index (χ4n) is 4.54. The van der Waals surface area contributed by atoms with E-state index >= 15 is 0 Å². The van der Waals surface area contributed by atoms with Crippen molar-refractivity contribution in [3.63, 3.8) is 0 Å². The van der Waals surface area contributed by atoms with Gasteiger partial charge in [-0.3, -0.25) is 9.59 Å². The predicted molar refractivity (Wildman–Crippen MR) is 119 cm³/mol. The van der Waals surface area contributed by atoms with Gasteiger partial charge in [0.2, 0.25) is 0 Å². The zero-order valence-corrected chi connectivity index (χ0v) is 19.7. The van der Waals surface area contributed by atoms with Crippen LogP contribution in [0.25, 0.3) is 0 Å². The lowest BCUT2D eigenvalue weighted by Crippen LogP contribution is -2.43. The van der Waals surface area contributed by atoms with Crippen LogP contribution in [0.3, 0.4) is 0 Å². The molecule has 0 saturated carbocycles. The standard InChI is InChI=1S/C24H31NO5S/c1-6-9-15-19(24(28)30-8-3)20(22-13(4)10-11-31-22)18-16(25-15)12-14(5)17(21(18)26)23(27)29-7-2/h10-11,14,17,20,25H,6-9,12H2,1-5H3. The molecule has 1 N–H and O–H groups in total. The fourth-order valence-corrected chi connectivity index (χ4v) is 5.58. The van der Waals surface area contributed by atoms with Gasteiger partial charge in [-0.2, -0.15) is 0 Å². The van der Waals surface area contributed by atoms with Gasteiger partial charge in [0.1, 0.15) is 5.92 Å². The predicted octanol–water partition coefficient (Wildman–Crippen LogP) is 4.40. The normalized spacial score (nSPS) is 23.4. The Morgan fingerprint density at radius 3 is 2.48 bits per heavy atom. The summed E-state index contributed by atoms with van der Waals surface area (Å²) in [5.41, 5.74) is 3.63. The number of carbonyl (C=O) groups excluding carboxylic acids is 3. The highest BCUT2D eigenvalue weighted by atomic mass is 32.1. The van der Waals surface area contributed by atoms with E-state index < -0.39 is 23.8 Å². The third kappa shape index (κ3) is 4.33. The first-order valence-electron chi connectivity index (χ1n) is 11.0. The molecular formula is C24H31NO5S. The Morgan fingerprint density at radius 1 is 1.19 bits per heavy atom. The molecule has 168 valence electrons. The summed E-state index contributed by atoms with van der Waals surface area (Å²) in [5, 5.41) is 5.37. The highest BCUT2D eigenvalue weighted by molar-refractivity contribution is 7.10. The van der Waals surface area contributed by atoms with Gasteiger partial charge in [-0.05, 0) is 56.5 Å². The number of ketones is 1. The molecule has 0 spiro atoms. The van der Waals surface area contributed by atoms with Crippen LogP contribution in [0.15, 0.2) is 34.0 Å². The van der Waals surface area contributed by atoms with E-state index in [1.54, 1.807) is 13.8 Å². The number of esters is 2. The highest BCUT2D eigenvalue weighted by Crippen LogP contribution is 2.48. The van der Waals surface area contributed by atoms with Crippen molar-refractivity contribution in [1.82, 2.24) is 5.32 Å². The zero-order chi connectivity index (χ0) is 22.7. The highest BCUT2D eigenvalue weighted by Gasteiger charge is 2.48. The molecule has 1 aliphatic carbocycles. The Hall–Kier alpha value is -2.41. The van der Waals surface area contributed by atoms with Crippen molar-refractivity contribution in [2.75, 3.05) is 13.2 Å². The van der Waals surface area contributed by atoms with Crippen LogP contribution in [0, 0.1) is 18.8 Å². The molecule has 3 rings (SSSR count). The van der Waals surface area contributed by atoms with Crippen molar-refractivity contribution in [3.05, 3.63) is 44.4 Å². The maximum Gasteiger partial charge on any atom is 0.336 e. The van der Waals surface area contributed by atoms with E-state index in [0.717, 1.165) is 28.3 Å². The SMILES string of the molecule is CCCC1=C(C(=O)OCC)C(c2sccc2C)C2=C(CC(C)C(C(=O)OCC)C2=O)N1. The van der Waals surface area contributed by atoms with Gasteiger partial charge in [-0.25, -0.2) is 4.79 Å². The van der Waals surface area contributed by atoms with Gasteiger partial charge < -0.3 is 14.8 Å². The molecule has 3 unspecified atom stereocenters. The molecule has 1 aliphatic heterocycles. The second-order valence-electron chi connectivity index (χ2n) is 8.06. The summed E-state index contributed by atoms with van der Waals surface area (Å²) in [6.45, 7) is 9.92. The molecule has 0 aromatic carbocycles. The lowest BCUT2D eigenvalue weighted by Gasteiger charge is -2.38. The minimum Gasteiger partial charge on any atom is -0.465 e. The number of nitrogens with one attached hydrogen (secondary N) is 1. The molecule has 1 aromatic heterocycles. The lowest BCUT2D eigenvalue weighted by molar-refractivity contribution is -0.153. The summed E-state index contributed by atoms with van der Waals surface area (Å²) >= 11 is 1.52. The van der Waals surface area contributed by atoms with Gasteiger partial charge >= 0.3 is 11.9 Å². The van der Waals surface area contributed by atoms with E-state index in [2.05, 4.69) is 12.2 Å². The Morgan fingerprint density at radius 2 is 1.90 bits per heavy atom. The third-order valence-electron chi connectivity index (χ3n) is 5.87. The number of rotatable bonds is 7. The van der Waals surface area contributed by atoms with Gasteiger partial charge in [-0.15, -0.1) is 11.3 Å². The van der Waals surface area contributed by atoms with Crippen LogP contribution in [0.2, 0.25) is 0 Å². The molecule has 0 bridgehead atoms. The Kier molecular flexibility index (Phi) is 7.36. The third-order valence-corrected chi connectivity index (χ3v) is 6.96. The summed E-state index contributed by atoms with van der Waals surface area (Å²) in [6, 6.07) is 1.99.